The lowest BCUT2D eigenvalue weighted by atomic mass is 10.0. The first-order valence-corrected chi connectivity index (χ1v) is 5.78. The van der Waals surface area contributed by atoms with Crippen molar-refractivity contribution in [1.82, 2.24) is 0 Å². The van der Waals surface area contributed by atoms with Crippen LogP contribution in [-0.4, -0.2) is 13.1 Å². The number of rotatable bonds is 3. The standard InChI is InChI=1S/C13H17N3.ClH/c14-8-7-13(15)11-3-5-12(6-4-11)16-9-1-2-10-16;/h3-6,13H,1-2,7,9-10,15H2;1H/t13-;/m0./s1. The van der Waals surface area contributed by atoms with Crippen molar-refractivity contribution in [3.8, 4) is 6.07 Å². The van der Waals surface area contributed by atoms with Crippen LogP contribution in [0.15, 0.2) is 24.3 Å². The van der Waals surface area contributed by atoms with Gasteiger partial charge in [-0.25, -0.2) is 0 Å². The Morgan fingerprint density at radius 3 is 2.35 bits per heavy atom. The van der Waals surface area contributed by atoms with Crippen LogP contribution >= 0.6 is 12.4 Å². The minimum atomic E-state index is -0.155. The predicted octanol–water partition coefficient (Wildman–Crippen LogP) is 2.62. The van der Waals surface area contributed by atoms with Gasteiger partial charge in [-0.15, -0.1) is 12.4 Å². The second-order valence-corrected chi connectivity index (χ2v) is 4.25. The Balaban J connectivity index is 0.00000144. The lowest BCUT2D eigenvalue weighted by Gasteiger charge is -2.18. The van der Waals surface area contributed by atoms with Gasteiger partial charge in [0.15, 0.2) is 0 Å². The Morgan fingerprint density at radius 1 is 1.24 bits per heavy atom. The fourth-order valence-corrected chi connectivity index (χ4v) is 2.12. The van der Waals surface area contributed by atoms with Gasteiger partial charge in [0.05, 0.1) is 12.5 Å². The first-order chi connectivity index (χ1) is 7.81. The van der Waals surface area contributed by atoms with Crippen LogP contribution in [0.2, 0.25) is 0 Å². The highest BCUT2D eigenvalue weighted by molar-refractivity contribution is 5.85. The maximum atomic E-state index is 8.59. The number of hydrogen-bond acceptors (Lipinski definition) is 3. The van der Waals surface area contributed by atoms with E-state index in [2.05, 4.69) is 23.1 Å². The molecule has 0 spiro atoms. The van der Waals surface area contributed by atoms with Gasteiger partial charge in [-0.1, -0.05) is 12.1 Å². The molecule has 1 aliphatic heterocycles. The molecule has 0 radical (unpaired) electrons. The van der Waals surface area contributed by atoms with Crippen molar-refractivity contribution in [2.24, 2.45) is 5.73 Å². The number of halogens is 1. The van der Waals surface area contributed by atoms with Crippen LogP contribution in [0.3, 0.4) is 0 Å². The van der Waals surface area contributed by atoms with Gasteiger partial charge in [-0.3, -0.25) is 0 Å². The zero-order chi connectivity index (χ0) is 11.4. The average Bonchev–Trinajstić information content (AvgIpc) is 2.83. The third-order valence-corrected chi connectivity index (χ3v) is 3.10. The van der Waals surface area contributed by atoms with E-state index in [1.807, 2.05) is 12.1 Å². The third-order valence-electron chi connectivity index (χ3n) is 3.10. The summed E-state index contributed by atoms with van der Waals surface area (Å²) in [6.07, 6.45) is 2.95. The number of nitriles is 1. The Bertz CT molecular complexity index is 377. The molecule has 0 aliphatic carbocycles. The normalized spacial score (nSPS) is 16.1. The first kappa shape index (κ1) is 13.8. The smallest absolute Gasteiger partial charge is 0.0641 e. The summed E-state index contributed by atoms with van der Waals surface area (Å²) in [5.74, 6) is 0. The Kier molecular flexibility index (Phi) is 5.27. The second kappa shape index (κ2) is 6.48. The summed E-state index contributed by atoms with van der Waals surface area (Å²) in [6, 6.07) is 10.2. The van der Waals surface area contributed by atoms with Crippen molar-refractivity contribution in [3.05, 3.63) is 29.8 Å². The highest BCUT2D eigenvalue weighted by atomic mass is 35.5. The van der Waals surface area contributed by atoms with Crippen molar-refractivity contribution in [1.29, 1.82) is 5.26 Å². The van der Waals surface area contributed by atoms with Crippen molar-refractivity contribution >= 4 is 18.1 Å². The SMILES string of the molecule is Cl.N#CC[C@H](N)c1ccc(N2CCCC2)cc1. The summed E-state index contributed by atoms with van der Waals surface area (Å²) in [4.78, 5) is 2.39. The molecule has 1 aromatic carbocycles. The average molecular weight is 252 g/mol. The van der Waals surface area contributed by atoms with E-state index >= 15 is 0 Å². The summed E-state index contributed by atoms with van der Waals surface area (Å²) in [7, 11) is 0. The lowest BCUT2D eigenvalue weighted by molar-refractivity contribution is 0.748. The first-order valence-electron chi connectivity index (χ1n) is 5.78. The fourth-order valence-electron chi connectivity index (χ4n) is 2.12. The van der Waals surface area contributed by atoms with E-state index in [1.165, 1.54) is 18.5 Å². The number of nitrogens with zero attached hydrogens (tertiary/aromatic N) is 2. The van der Waals surface area contributed by atoms with Gasteiger partial charge < -0.3 is 10.6 Å². The molecule has 0 unspecified atom stereocenters. The highest BCUT2D eigenvalue weighted by Gasteiger charge is 2.12. The van der Waals surface area contributed by atoms with Crippen molar-refractivity contribution in [2.75, 3.05) is 18.0 Å². The van der Waals surface area contributed by atoms with Crippen LogP contribution in [0.5, 0.6) is 0 Å². The van der Waals surface area contributed by atoms with E-state index in [-0.39, 0.29) is 18.4 Å². The molecule has 1 heterocycles. The van der Waals surface area contributed by atoms with Crippen LogP contribution in [0, 0.1) is 11.3 Å². The molecular weight excluding hydrogens is 234 g/mol. The molecule has 0 amide bonds. The number of nitrogens with two attached hydrogens (primary N) is 1. The summed E-state index contributed by atoms with van der Waals surface area (Å²) < 4.78 is 0. The van der Waals surface area contributed by atoms with Crippen molar-refractivity contribution < 1.29 is 0 Å². The van der Waals surface area contributed by atoms with Gasteiger partial charge >= 0.3 is 0 Å². The molecule has 1 aliphatic rings. The predicted molar refractivity (Wildman–Crippen MR) is 72.3 cm³/mol. The van der Waals surface area contributed by atoms with Crippen LogP contribution in [0.25, 0.3) is 0 Å². The molecule has 3 nitrogen and oxygen atoms in total. The van der Waals surface area contributed by atoms with E-state index in [9.17, 15) is 0 Å². The zero-order valence-electron chi connectivity index (χ0n) is 9.80. The number of hydrogen-bond donors (Lipinski definition) is 1. The largest absolute Gasteiger partial charge is 0.372 e. The molecule has 0 saturated carbocycles. The molecule has 4 heteroatoms. The Morgan fingerprint density at radius 2 is 1.82 bits per heavy atom. The Hall–Kier alpha value is -1.24. The van der Waals surface area contributed by atoms with Gasteiger partial charge in [-0.05, 0) is 30.5 Å². The fraction of sp³-hybridized carbons (Fsp3) is 0.462. The molecular formula is C13H18ClN3. The number of anilines is 1. The minimum Gasteiger partial charge on any atom is -0.372 e. The summed E-state index contributed by atoms with van der Waals surface area (Å²) in [5.41, 5.74) is 8.19. The molecule has 17 heavy (non-hydrogen) atoms. The lowest BCUT2D eigenvalue weighted by Crippen LogP contribution is -2.17. The van der Waals surface area contributed by atoms with E-state index < -0.39 is 0 Å². The number of benzene rings is 1. The summed E-state index contributed by atoms with van der Waals surface area (Å²) in [5, 5.41) is 8.59. The second-order valence-electron chi connectivity index (χ2n) is 4.25. The van der Waals surface area contributed by atoms with Crippen LogP contribution in [0.4, 0.5) is 5.69 Å². The van der Waals surface area contributed by atoms with Crippen LogP contribution in [0.1, 0.15) is 30.9 Å². The molecule has 2 N–H and O–H groups in total. The van der Waals surface area contributed by atoms with E-state index in [1.54, 1.807) is 0 Å². The van der Waals surface area contributed by atoms with E-state index in [0.29, 0.717) is 6.42 Å². The molecule has 1 saturated heterocycles. The summed E-state index contributed by atoms with van der Waals surface area (Å²) >= 11 is 0. The maximum absolute atomic E-state index is 8.59. The minimum absolute atomic E-state index is 0. The van der Waals surface area contributed by atoms with Gasteiger partial charge in [0.25, 0.3) is 0 Å². The van der Waals surface area contributed by atoms with Crippen LogP contribution in [-0.2, 0) is 0 Å². The van der Waals surface area contributed by atoms with Gasteiger partial charge in [0.2, 0.25) is 0 Å². The van der Waals surface area contributed by atoms with E-state index in [0.717, 1.165) is 18.7 Å². The molecule has 1 atom stereocenters. The monoisotopic (exact) mass is 251 g/mol. The van der Waals surface area contributed by atoms with E-state index in [4.69, 9.17) is 11.0 Å². The molecule has 0 aromatic heterocycles. The molecule has 0 bridgehead atoms. The van der Waals surface area contributed by atoms with Crippen molar-refractivity contribution in [3.63, 3.8) is 0 Å². The molecule has 92 valence electrons. The van der Waals surface area contributed by atoms with Gasteiger partial charge in [-0.2, -0.15) is 5.26 Å². The quantitative estimate of drug-likeness (QED) is 0.899. The van der Waals surface area contributed by atoms with Crippen LogP contribution < -0.4 is 10.6 Å². The molecule has 1 aromatic rings. The van der Waals surface area contributed by atoms with Crippen molar-refractivity contribution in [2.45, 2.75) is 25.3 Å². The highest BCUT2D eigenvalue weighted by Crippen LogP contribution is 2.22. The zero-order valence-corrected chi connectivity index (χ0v) is 10.6. The Labute approximate surface area is 109 Å². The topological polar surface area (TPSA) is 53.1 Å². The molecule has 1 fully saturated rings. The molecule has 2 rings (SSSR count). The van der Waals surface area contributed by atoms with Gasteiger partial charge in [0.1, 0.15) is 0 Å². The summed E-state index contributed by atoms with van der Waals surface area (Å²) in [6.45, 7) is 2.31. The van der Waals surface area contributed by atoms with Gasteiger partial charge in [0, 0.05) is 24.8 Å². The third kappa shape index (κ3) is 3.36. The maximum Gasteiger partial charge on any atom is 0.0641 e.